The van der Waals surface area contributed by atoms with E-state index in [-0.39, 0.29) is 33.0 Å². The molecule has 2 aromatic rings. The van der Waals surface area contributed by atoms with Crippen LogP contribution in [-0.4, -0.2) is 31.9 Å². The number of carbonyl (C=O) groups is 2. The van der Waals surface area contributed by atoms with Crippen molar-refractivity contribution < 1.29 is 22.2 Å². The zero-order valence-corrected chi connectivity index (χ0v) is 27.6. The molecule has 0 fully saturated rings. The molecule has 6 nitrogen and oxygen atoms in total. The lowest BCUT2D eigenvalue weighted by atomic mass is 9.63. The lowest BCUT2D eigenvalue weighted by molar-refractivity contribution is -0.119. The van der Waals surface area contributed by atoms with E-state index in [1.54, 1.807) is 12.1 Å². The highest BCUT2D eigenvalue weighted by Crippen LogP contribution is 2.56. The molecule has 0 unspecified atom stereocenters. The Labute approximate surface area is 257 Å². The second-order valence-corrected chi connectivity index (χ2v) is 16.1. The number of allylic oxidation sites excluding steroid dienone is 4. The summed E-state index contributed by atoms with van der Waals surface area (Å²) in [5.74, 6) is -0.816. The quantitative estimate of drug-likeness (QED) is 0.300. The Hall–Kier alpha value is -1.94. The van der Waals surface area contributed by atoms with Crippen molar-refractivity contribution >= 4 is 65.1 Å². The van der Waals surface area contributed by atoms with E-state index in [1.807, 2.05) is 11.9 Å². The van der Waals surface area contributed by atoms with Gasteiger partial charge in [-0.1, -0.05) is 55.2 Å². The van der Waals surface area contributed by atoms with Crippen molar-refractivity contribution in [2.24, 2.45) is 10.8 Å². The van der Waals surface area contributed by atoms with Gasteiger partial charge in [0, 0.05) is 63.4 Å². The molecule has 0 radical (unpaired) electrons. The van der Waals surface area contributed by atoms with E-state index in [1.165, 1.54) is 24.3 Å². The van der Waals surface area contributed by atoms with Crippen molar-refractivity contribution in [3.63, 3.8) is 0 Å². The fourth-order valence-electron chi connectivity index (χ4n) is 6.12. The van der Waals surface area contributed by atoms with Crippen LogP contribution in [0.1, 0.15) is 64.9 Å². The Morgan fingerprint density at radius 2 is 1.38 bits per heavy atom. The Balaban J connectivity index is 1.77. The van der Waals surface area contributed by atoms with Crippen molar-refractivity contribution in [1.29, 1.82) is 0 Å². The van der Waals surface area contributed by atoms with Gasteiger partial charge < -0.3 is 9.08 Å². The van der Waals surface area contributed by atoms with E-state index >= 15 is 0 Å². The van der Waals surface area contributed by atoms with Crippen molar-refractivity contribution in [3.8, 4) is 5.75 Å². The fourth-order valence-corrected chi connectivity index (χ4v) is 8.66. The molecule has 1 aliphatic heterocycles. The van der Waals surface area contributed by atoms with E-state index in [4.69, 9.17) is 15.8 Å². The van der Waals surface area contributed by atoms with Gasteiger partial charge >= 0.3 is 10.1 Å². The highest BCUT2D eigenvalue weighted by molar-refractivity contribution is 9.11. The average Bonchev–Trinajstić information content (AvgIpc) is 2.81. The minimum absolute atomic E-state index is 0.0432. The molecule has 5 rings (SSSR count). The normalized spacial score (nSPS) is 20.9. The van der Waals surface area contributed by atoms with Gasteiger partial charge in [-0.3, -0.25) is 9.59 Å². The van der Waals surface area contributed by atoms with Crippen LogP contribution in [0, 0.1) is 10.8 Å². The molecule has 40 heavy (non-hydrogen) atoms. The van der Waals surface area contributed by atoms with Crippen molar-refractivity contribution in [1.82, 2.24) is 4.90 Å². The van der Waals surface area contributed by atoms with Gasteiger partial charge in [-0.15, -0.1) is 0 Å². The number of Topliss-reactive ketones (excluding diaryl/α,β-unsaturated/α-hetero) is 2. The van der Waals surface area contributed by atoms with Crippen LogP contribution in [0.15, 0.2) is 72.8 Å². The van der Waals surface area contributed by atoms with Crippen molar-refractivity contribution in [2.45, 2.75) is 64.2 Å². The topological polar surface area (TPSA) is 80.8 Å². The maximum atomic E-state index is 13.9. The molecule has 0 spiro atoms. The molecule has 2 aliphatic carbocycles. The van der Waals surface area contributed by atoms with Crippen LogP contribution in [0.3, 0.4) is 0 Å². The molecule has 0 aromatic heterocycles. The van der Waals surface area contributed by atoms with Crippen LogP contribution in [0.2, 0.25) is 5.02 Å². The Morgan fingerprint density at radius 1 is 0.875 bits per heavy atom. The lowest BCUT2D eigenvalue weighted by Gasteiger charge is -2.48. The molecule has 1 heterocycles. The third-order valence-electron chi connectivity index (χ3n) is 7.82. The second-order valence-electron chi connectivity index (χ2n) is 12.4. The number of nitrogens with zero attached hydrogens (tertiary/aromatic N) is 1. The van der Waals surface area contributed by atoms with Gasteiger partial charge in [-0.2, -0.15) is 8.42 Å². The number of ketones is 2. The first-order chi connectivity index (χ1) is 18.5. The van der Waals surface area contributed by atoms with Crippen LogP contribution >= 0.6 is 43.5 Å². The second kappa shape index (κ2) is 10.1. The molecule has 212 valence electrons. The van der Waals surface area contributed by atoms with Gasteiger partial charge in [0.2, 0.25) is 0 Å². The summed E-state index contributed by atoms with van der Waals surface area (Å²) in [6.45, 7) is 8.28. The van der Waals surface area contributed by atoms with Gasteiger partial charge in [-0.25, -0.2) is 0 Å². The largest absolute Gasteiger partial charge is 0.377 e. The number of halogens is 3. The molecule has 3 aliphatic rings. The lowest BCUT2D eigenvalue weighted by Crippen LogP contribution is -2.43. The summed E-state index contributed by atoms with van der Waals surface area (Å²) in [4.78, 5) is 29.8. The summed E-state index contributed by atoms with van der Waals surface area (Å²) in [6.07, 6.45) is 1.96. The van der Waals surface area contributed by atoms with Gasteiger partial charge in [0.25, 0.3) is 0 Å². The Bertz CT molecular complexity index is 1570. The van der Waals surface area contributed by atoms with Gasteiger partial charge in [0.1, 0.15) is 4.90 Å². The first kappa shape index (κ1) is 29.5. The predicted octanol–water partition coefficient (Wildman–Crippen LogP) is 7.95. The third kappa shape index (κ3) is 5.35. The fraction of sp³-hybridized carbons (Fsp3) is 0.400. The first-order valence-electron chi connectivity index (χ1n) is 12.9. The smallest absolute Gasteiger partial charge is 0.339 e. The van der Waals surface area contributed by atoms with Gasteiger partial charge in [-0.05, 0) is 76.0 Å². The Morgan fingerprint density at radius 3 is 1.88 bits per heavy atom. The first-order valence-corrected chi connectivity index (χ1v) is 16.3. The van der Waals surface area contributed by atoms with E-state index in [0.29, 0.717) is 56.4 Å². The van der Waals surface area contributed by atoms with Crippen molar-refractivity contribution in [3.05, 3.63) is 78.5 Å². The summed E-state index contributed by atoms with van der Waals surface area (Å²) in [5, 5.41) is 0.396. The average molecular weight is 712 g/mol. The zero-order chi connectivity index (χ0) is 29.4. The SMILES string of the molecule is CN1C2=C(C(=O)CC(C)(C)C2)C(c2cc(Br)cc(Br)c2OS(=O)(=O)c2ccc(Cl)cc2)C2=C1CC(C)(C)CC2=O. The van der Waals surface area contributed by atoms with E-state index < -0.39 is 16.0 Å². The van der Waals surface area contributed by atoms with E-state index in [9.17, 15) is 18.0 Å². The summed E-state index contributed by atoms with van der Waals surface area (Å²) in [6, 6.07) is 9.15. The van der Waals surface area contributed by atoms with Gasteiger partial charge in [0.15, 0.2) is 17.3 Å². The molecular weight excluding hydrogens is 682 g/mol. The maximum Gasteiger partial charge on any atom is 0.339 e. The molecule has 0 saturated heterocycles. The standard InChI is InChI=1S/C30H30Br2ClNO5S/c1-29(2)12-21-26(23(35)14-29)25(27-22(34(21)5)13-30(3,4)15-24(27)36)19-10-16(31)11-20(32)28(19)39-40(37,38)18-8-6-17(33)7-9-18/h6-11,25H,12-15H2,1-5H3. The van der Waals surface area contributed by atoms with Crippen LogP contribution < -0.4 is 4.18 Å². The molecule has 10 heteroatoms. The minimum Gasteiger partial charge on any atom is -0.377 e. The van der Waals surface area contributed by atoms with Crippen LogP contribution in [0.5, 0.6) is 5.75 Å². The number of carbonyl (C=O) groups excluding carboxylic acids is 2. The van der Waals surface area contributed by atoms with E-state index in [0.717, 1.165) is 11.4 Å². The molecule has 0 atom stereocenters. The molecule has 0 N–H and O–H groups in total. The minimum atomic E-state index is -4.28. The van der Waals surface area contributed by atoms with Crippen LogP contribution in [-0.2, 0) is 19.7 Å². The monoisotopic (exact) mass is 709 g/mol. The summed E-state index contributed by atoms with van der Waals surface area (Å²) in [7, 11) is -2.34. The molecule has 0 amide bonds. The zero-order valence-electron chi connectivity index (χ0n) is 22.9. The highest BCUT2D eigenvalue weighted by atomic mass is 79.9. The van der Waals surface area contributed by atoms with Crippen LogP contribution in [0.25, 0.3) is 0 Å². The maximum absolute atomic E-state index is 13.9. The molecule has 0 saturated carbocycles. The molecule has 2 aromatic carbocycles. The predicted molar refractivity (Wildman–Crippen MR) is 162 cm³/mol. The molecule has 0 bridgehead atoms. The third-order valence-corrected chi connectivity index (χ3v) is 10.4. The number of rotatable bonds is 4. The van der Waals surface area contributed by atoms with Crippen molar-refractivity contribution in [2.75, 3.05) is 7.05 Å². The number of benzene rings is 2. The molecular formula is C30H30Br2ClNO5S. The Kier molecular flexibility index (Phi) is 7.46. The summed E-state index contributed by atoms with van der Waals surface area (Å²) < 4.78 is 33.7. The summed E-state index contributed by atoms with van der Waals surface area (Å²) in [5.41, 5.74) is 2.75. The highest BCUT2D eigenvalue weighted by Gasteiger charge is 2.49. The van der Waals surface area contributed by atoms with Crippen LogP contribution in [0.4, 0.5) is 0 Å². The van der Waals surface area contributed by atoms with E-state index in [2.05, 4.69) is 59.6 Å². The number of hydrogen-bond acceptors (Lipinski definition) is 6. The summed E-state index contributed by atoms with van der Waals surface area (Å²) >= 11 is 13.0. The van der Waals surface area contributed by atoms with Gasteiger partial charge in [0.05, 0.1) is 4.47 Å². The number of hydrogen-bond donors (Lipinski definition) is 0.